The molecule has 112 valence electrons. The molecule has 1 saturated heterocycles. The number of anilines is 1. The normalized spacial score (nSPS) is 25.0. The van der Waals surface area contributed by atoms with Gasteiger partial charge in [0.05, 0.1) is 11.5 Å². The minimum atomic E-state index is 0.0125. The summed E-state index contributed by atoms with van der Waals surface area (Å²) >= 11 is 1.61. The van der Waals surface area contributed by atoms with E-state index in [0.29, 0.717) is 11.5 Å². The number of hydrogen-bond donors (Lipinski definition) is 2. The Morgan fingerprint density at radius 2 is 2.14 bits per heavy atom. The molecule has 2 atom stereocenters. The van der Waals surface area contributed by atoms with Crippen molar-refractivity contribution in [2.24, 2.45) is 11.8 Å². The fourth-order valence-electron chi connectivity index (χ4n) is 3.31. The van der Waals surface area contributed by atoms with E-state index >= 15 is 0 Å². The molecule has 1 aliphatic carbocycles. The number of thiophene rings is 1. The minimum Gasteiger partial charge on any atom is -0.316 e. The third kappa shape index (κ3) is 2.83. The summed E-state index contributed by atoms with van der Waals surface area (Å²) < 4.78 is 0. The number of fused-ring (bicyclic) bond motifs is 1. The molecule has 1 fully saturated rings. The van der Waals surface area contributed by atoms with Crippen molar-refractivity contribution in [3.05, 3.63) is 16.0 Å². The molecule has 3 rings (SSSR count). The van der Waals surface area contributed by atoms with E-state index in [1.54, 1.807) is 11.3 Å². The average molecular weight is 303 g/mol. The summed E-state index contributed by atoms with van der Waals surface area (Å²) in [5.41, 5.74) is 1.90. The summed E-state index contributed by atoms with van der Waals surface area (Å²) in [4.78, 5) is 13.7. The van der Waals surface area contributed by atoms with Crippen molar-refractivity contribution in [3.8, 4) is 6.07 Å². The SMILES string of the molecule is C[C@@H]1CNC[C@H]1C(=O)Nc1sc2c(c1C#N)CCCCC2. The highest BCUT2D eigenvalue weighted by Crippen LogP contribution is 2.37. The lowest BCUT2D eigenvalue weighted by Crippen LogP contribution is -2.27. The van der Waals surface area contributed by atoms with E-state index in [1.165, 1.54) is 23.3 Å². The van der Waals surface area contributed by atoms with Crippen LogP contribution in [0.3, 0.4) is 0 Å². The van der Waals surface area contributed by atoms with E-state index in [-0.39, 0.29) is 11.8 Å². The lowest BCUT2D eigenvalue weighted by Gasteiger charge is -2.13. The van der Waals surface area contributed by atoms with E-state index in [0.717, 1.165) is 37.4 Å². The maximum atomic E-state index is 12.4. The molecule has 4 nitrogen and oxygen atoms in total. The van der Waals surface area contributed by atoms with Crippen LogP contribution in [0.1, 0.15) is 42.2 Å². The van der Waals surface area contributed by atoms with Gasteiger partial charge in [-0.25, -0.2) is 0 Å². The van der Waals surface area contributed by atoms with Crippen LogP contribution in [0.2, 0.25) is 0 Å². The molecule has 0 radical (unpaired) electrons. The lowest BCUT2D eigenvalue weighted by molar-refractivity contribution is -0.120. The summed E-state index contributed by atoms with van der Waals surface area (Å²) in [5.74, 6) is 0.423. The molecule has 0 aromatic carbocycles. The van der Waals surface area contributed by atoms with Gasteiger partial charge in [-0.1, -0.05) is 13.3 Å². The van der Waals surface area contributed by atoms with Gasteiger partial charge in [0.25, 0.3) is 0 Å². The molecule has 0 unspecified atom stereocenters. The molecule has 21 heavy (non-hydrogen) atoms. The van der Waals surface area contributed by atoms with Gasteiger partial charge in [-0.05, 0) is 43.7 Å². The van der Waals surface area contributed by atoms with Crippen LogP contribution < -0.4 is 10.6 Å². The third-order valence-corrected chi connectivity index (χ3v) is 5.83. The molecule has 0 bridgehead atoms. The van der Waals surface area contributed by atoms with Crippen LogP contribution in [-0.4, -0.2) is 19.0 Å². The summed E-state index contributed by atoms with van der Waals surface area (Å²) in [7, 11) is 0. The molecule has 5 heteroatoms. The first-order chi connectivity index (χ1) is 10.2. The average Bonchev–Trinajstić information content (AvgIpc) is 2.95. The summed E-state index contributed by atoms with van der Waals surface area (Å²) in [6, 6.07) is 2.32. The number of carbonyl (C=O) groups excluding carboxylic acids is 1. The Kier molecular flexibility index (Phi) is 4.27. The number of aryl methyl sites for hydroxylation is 1. The highest BCUT2D eigenvalue weighted by Gasteiger charge is 2.31. The Bertz CT molecular complexity index is 587. The largest absolute Gasteiger partial charge is 0.316 e. The van der Waals surface area contributed by atoms with Crippen LogP contribution in [-0.2, 0) is 17.6 Å². The molecule has 1 amide bonds. The van der Waals surface area contributed by atoms with E-state index in [1.807, 2.05) is 0 Å². The first-order valence-corrected chi connectivity index (χ1v) is 8.58. The van der Waals surface area contributed by atoms with E-state index in [4.69, 9.17) is 0 Å². The van der Waals surface area contributed by atoms with Crippen LogP contribution in [0.4, 0.5) is 5.00 Å². The molecule has 1 aromatic heterocycles. The van der Waals surface area contributed by atoms with Gasteiger partial charge in [-0.15, -0.1) is 11.3 Å². The zero-order valence-corrected chi connectivity index (χ0v) is 13.2. The van der Waals surface area contributed by atoms with Gasteiger partial charge in [0, 0.05) is 11.4 Å². The van der Waals surface area contributed by atoms with Gasteiger partial charge < -0.3 is 10.6 Å². The summed E-state index contributed by atoms with van der Waals surface area (Å²) in [5, 5.41) is 16.5. The molecule has 2 aliphatic rings. The quantitative estimate of drug-likeness (QED) is 0.826. The second kappa shape index (κ2) is 6.17. The fourth-order valence-corrected chi connectivity index (χ4v) is 4.56. The molecule has 2 heterocycles. The van der Waals surface area contributed by atoms with Crippen molar-refractivity contribution in [2.75, 3.05) is 18.4 Å². The monoisotopic (exact) mass is 303 g/mol. The van der Waals surface area contributed by atoms with Gasteiger partial charge in [-0.2, -0.15) is 5.26 Å². The van der Waals surface area contributed by atoms with Gasteiger partial charge in [-0.3, -0.25) is 4.79 Å². The fraction of sp³-hybridized carbons (Fsp3) is 0.625. The Morgan fingerprint density at radius 3 is 2.86 bits per heavy atom. The molecule has 1 aromatic rings. The van der Waals surface area contributed by atoms with Gasteiger partial charge in [0.1, 0.15) is 11.1 Å². The third-order valence-electron chi connectivity index (χ3n) is 4.62. The van der Waals surface area contributed by atoms with E-state index in [2.05, 4.69) is 23.6 Å². The number of nitrogens with one attached hydrogen (secondary N) is 2. The van der Waals surface area contributed by atoms with E-state index in [9.17, 15) is 10.1 Å². The van der Waals surface area contributed by atoms with Crippen molar-refractivity contribution in [1.82, 2.24) is 5.32 Å². The first-order valence-electron chi connectivity index (χ1n) is 7.77. The standard InChI is InChI=1S/C16H21N3OS/c1-10-8-18-9-13(10)15(20)19-16-12(7-17)11-5-3-2-4-6-14(11)21-16/h10,13,18H,2-6,8-9H2,1H3,(H,19,20)/t10-,13-/m1/s1. The molecule has 0 saturated carbocycles. The van der Waals surface area contributed by atoms with Crippen LogP contribution in [0.15, 0.2) is 0 Å². The first kappa shape index (κ1) is 14.6. The van der Waals surface area contributed by atoms with Crippen molar-refractivity contribution in [1.29, 1.82) is 5.26 Å². The second-order valence-corrected chi connectivity index (χ2v) is 7.22. The Balaban J connectivity index is 1.82. The highest BCUT2D eigenvalue weighted by atomic mass is 32.1. The molecule has 2 N–H and O–H groups in total. The topological polar surface area (TPSA) is 64.9 Å². The second-order valence-electron chi connectivity index (χ2n) is 6.11. The maximum Gasteiger partial charge on any atom is 0.229 e. The predicted octanol–water partition coefficient (Wildman–Crippen LogP) is 2.68. The minimum absolute atomic E-state index is 0.0125. The number of nitrogens with zero attached hydrogens (tertiary/aromatic N) is 1. The predicted molar refractivity (Wildman–Crippen MR) is 84.4 cm³/mol. The molecular formula is C16H21N3OS. The Labute approximate surface area is 129 Å². The molecule has 1 aliphatic heterocycles. The van der Waals surface area contributed by atoms with Gasteiger partial charge in [0.15, 0.2) is 0 Å². The summed E-state index contributed by atoms with van der Waals surface area (Å²) in [6.07, 6.45) is 5.60. The zero-order valence-electron chi connectivity index (χ0n) is 12.4. The smallest absolute Gasteiger partial charge is 0.229 e. The van der Waals surface area contributed by atoms with Crippen LogP contribution in [0.5, 0.6) is 0 Å². The Hall–Kier alpha value is -1.38. The van der Waals surface area contributed by atoms with Crippen molar-refractivity contribution in [3.63, 3.8) is 0 Å². The lowest BCUT2D eigenvalue weighted by atomic mass is 9.97. The van der Waals surface area contributed by atoms with Gasteiger partial charge >= 0.3 is 0 Å². The van der Waals surface area contributed by atoms with Crippen molar-refractivity contribution < 1.29 is 4.79 Å². The number of hydrogen-bond acceptors (Lipinski definition) is 4. The molecule has 0 spiro atoms. The van der Waals surface area contributed by atoms with Crippen molar-refractivity contribution in [2.45, 2.75) is 39.0 Å². The van der Waals surface area contributed by atoms with E-state index < -0.39 is 0 Å². The zero-order chi connectivity index (χ0) is 14.8. The van der Waals surface area contributed by atoms with Crippen molar-refractivity contribution >= 4 is 22.2 Å². The van der Waals surface area contributed by atoms with Crippen LogP contribution in [0.25, 0.3) is 0 Å². The number of nitriles is 1. The maximum absolute atomic E-state index is 12.4. The molecular weight excluding hydrogens is 282 g/mol. The highest BCUT2D eigenvalue weighted by molar-refractivity contribution is 7.16. The summed E-state index contributed by atoms with van der Waals surface area (Å²) in [6.45, 7) is 3.73. The van der Waals surface area contributed by atoms with Crippen LogP contribution >= 0.6 is 11.3 Å². The number of rotatable bonds is 2. The van der Waals surface area contributed by atoms with Crippen LogP contribution in [0, 0.1) is 23.2 Å². The Morgan fingerprint density at radius 1 is 1.33 bits per heavy atom. The number of carbonyl (C=O) groups is 1. The van der Waals surface area contributed by atoms with Gasteiger partial charge in [0.2, 0.25) is 5.91 Å². The number of amides is 1.